The Hall–Kier alpha value is -2.75. The lowest BCUT2D eigenvalue weighted by Crippen LogP contribution is -2.04. The van der Waals surface area contributed by atoms with Gasteiger partial charge < -0.3 is 10.5 Å². The fraction of sp³-hybridized carbons (Fsp3) is 0.167. The third-order valence-corrected chi connectivity index (χ3v) is 3.62. The average molecular weight is 293 g/mol. The highest BCUT2D eigenvalue weighted by molar-refractivity contribution is 5.64. The van der Waals surface area contributed by atoms with E-state index in [0.717, 1.165) is 34.0 Å². The normalized spacial score (nSPS) is 12.1. The molecule has 1 aromatic heterocycles. The average Bonchev–Trinajstić information content (AvgIpc) is 2.99. The zero-order valence-electron chi connectivity index (χ0n) is 12.7. The van der Waals surface area contributed by atoms with Crippen molar-refractivity contribution >= 4 is 5.69 Å². The fourth-order valence-electron chi connectivity index (χ4n) is 2.33. The summed E-state index contributed by atoms with van der Waals surface area (Å²) in [5.74, 6) is 0.884. The smallest absolute Gasteiger partial charge is 0.137 e. The predicted molar refractivity (Wildman–Crippen MR) is 88.7 cm³/mol. The van der Waals surface area contributed by atoms with E-state index in [2.05, 4.69) is 10.2 Å². The van der Waals surface area contributed by atoms with Gasteiger partial charge in [0.25, 0.3) is 0 Å². The molecule has 0 aliphatic heterocycles. The molecule has 0 spiro atoms. The Morgan fingerprint density at radius 3 is 2.68 bits per heavy atom. The molecule has 112 valence electrons. The molecule has 1 atom stereocenters. The Kier molecular flexibility index (Phi) is 3.83. The predicted octanol–water partition coefficient (Wildman–Crippen LogP) is 4.11. The number of rotatable bonds is 4. The summed E-state index contributed by atoms with van der Waals surface area (Å²) in [7, 11) is 0. The highest BCUT2D eigenvalue weighted by atomic mass is 16.5. The number of nitrogens with one attached hydrogen (secondary N) is 1. The Labute approximate surface area is 129 Å². The molecule has 0 saturated heterocycles. The van der Waals surface area contributed by atoms with E-state index in [1.54, 1.807) is 0 Å². The van der Waals surface area contributed by atoms with Crippen molar-refractivity contribution in [3.8, 4) is 17.0 Å². The molecule has 22 heavy (non-hydrogen) atoms. The van der Waals surface area contributed by atoms with Gasteiger partial charge in [0.15, 0.2) is 0 Å². The van der Waals surface area contributed by atoms with Crippen LogP contribution in [0.15, 0.2) is 54.6 Å². The molecule has 0 aliphatic rings. The van der Waals surface area contributed by atoms with Gasteiger partial charge in [-0.1, -0.05) is 30.3 Å². The summed E-state index contributed by atoms with van der Waals surface area (Å²) >= 11 is 0. The lowest BCUT2D eigenvalue weighted by molar-refractivity contribution is 0.220. The van der Waals surface area contributed by atoms with Gasteiger partial charge >= 0.3 is 0 Å². The van der Waals surface area contributed by atoms with Gasteiger partial charge in [0.2, 0.25) is 0 Å². The Morgan fingerprint density at radius 2 is 1.91 bits per heavy atom. The highest BCUT2D eigenvalue weighted by Gasteiger charge is 2.13. The molecule has 3 aromatic rings. The van der Waals surface area contributed by atoms with Crippen LogP contribution in [0.5, 0.6) is 5.75 Å². The standard InChI is InChI=1S/C18H19N3O/c1-12-6-3-4-9-18(12)22-13(2)16-11-17(21-20-16)14-7-5-8-15(19)10-14/h3-11,13H,19H2,1-2H3,(H,20,21). The van der Waals surface area contributed by atoms with E-state index in [1.165, 1.54) is 0 Å². The van der Waals surface area contributed by atoms with Crippen LogP contribution in [0.25, 0.3) is 11.3 Å². The number of nitrogen functional groups attached to an aromatic ring is 1. The molecule has 1 heterocycles. The van der Waals surface area contributed by atoms with Gasteiger partial charge in [0.05, 0.1) is 11.4 Å². The summed E-state index contributed by atoms with van der Waals surface area (Å²) in [6.07, 6.45) is -0.108. The summed E-state index contributed by atoms with van der Waals surface area (Å²) in [4.78, 5) is 0. The van der Waals surface area contributed by atoms with Crippen LogP contribution in [0.3, 0.4) is 0 Å². The third-order valence-electron chi connectivity index (χ3n) is 3.62. The maximum absolute atomic E-state index is 6.01. The van der Waals surface area contributed by atoms with E-state index >= 15 is 0 Å². The molecule has 0 amide bonds. The second-order valence-electron chi connectivity index (χ2n) is 5.36. The molecule has 0 radical (unpaired) electrons. The number of anilines is 1. The minimum Gasteiger partial charge on any atom is -0.484 e. The van der Waals surface area contributed by atoms with Crippen LogP contribution in [-0.2, 0) is 0 Å². The summed E-state index contributed by atoms with van der Waals surface area (Å²) in [6.45, 7) is 4.04. The molecule has 2 aromatic carbocycles. The van der Waals surface area contributed by atoms with Gasteiger partial charge in [-0.3, -0.25) is 5.10 Å². The quantitative estimate of drug-likeness (QED) is 0.712. The monoisotopic (exact) mass is 293 g/mol. The van der Waals surface area contributed by atoms with E-state index in [9.17, 15) is 0 Å². The molecule has 4 heteroatoms. The van der Waals surface area contributed by atoms with Crippen molar-refractivity contribution in [2.24, 2.45) is 0 Å². The minimum atomic E-state index is -0.108. The summed E-state index contributed by atoms with van der Waals surface area (Å²) in [5, 5.41) is 7.40. The molecule has 0 saturated carbocycles. The zero-order chi connectivity index (χ0) is 15.5. The number of aromatic amines is 1. The first kappa shape index (κ1) is 14.2. The second kappa shape index (κ2) is 5.93. The van der Waals surface area contributed by atoms with E-state index in [1.807, 2.05) is 68.4 Å². The number of aromatic nitrogens is 2. The second-order valence-corrected chi connectivity index (χ2v) is 5.36. The maximum atomic E-state index is 6.01. The van der Waals surface area contributed by atoms with Gasteiger partial charge in [-0.05, 0) is 43.7 Å². The number of para-hydroxylation sites is 1. The lowest BCUT2D eigenvalue weighted by atomic mass is 10.1. The van der Waals surface area contributed by atoms with Gasteiger partial charge in [-0.15, -0.1) is 0 Å². The van der Waals surface area contributed by atoms with Crippen molar-refractivity contribution in [1.82, 2.24) is 10.2 Å². The van der Waals surface area contributed by atoms with Crippen molar-refractivity contribution in [2.75, 3.05) is 5.73 Å². The largest absolute Gasteiger partial charge is 0.484 e. The number of nitrogens with zero attached hydrogens (tertiary/aromatic N) is 1. The summed E-state index contributed by atoms with van der Waals surface area (Å²) in [5.41, 5.74) is 10.4. The number of ether oxygens (including phenoxy) is 1. The van der Waals surface area contributed by atoms with Crippen LogP contribution < -0.4 is 10.5 Å². The molecule has 0 aliphatic carbocycles. The van der Waals surface area contributed by atoms with Crippen LogP contribution in [0, 0.1) is 6.92 Å². The number of hydrogen-bond acceptors (Lipinski definition) is 3. The highest BCUT2D eigenvalue weighted by Crippen LogP contribution is 2.26. The van der Waals surface area contributed by atoms with Crippen molar-refractivity contribution in [3.63, 3.8) is 0 Å². The van der Waals surface area contributed by atoms with Crippen molar-refractivity contribution in [3.05, 3.63) is 65.9 Å². The number of nitrogens with two attached hydrogens (primary N) is 1. The minimum absolute atomic E-state index is 0.108. The molecule has 3 N–H and O–H groups in total. The van der Waals surface area contributed by atoms with Gasteiger partial charge in [0.1, 0.15) is 11.9 Å². The third kappa shape index (κ3) is 2.96. The first-order valence-corrected chi connectivity index (χ1v) is 7.27. The Bertz CT molecular complexity index is 779. The van der Waals surface area contributed by atoms with E-state index in [0.29, 0.717) is 0 Å². The summed E-state index contributed by atoms with van der Waals surface area (Å²) < 4.78 is 6.01. The zero-order valence-corrected chi connectivity index (χ0v) is 12.7. The van der Waals surface area contributed by atoms with Crippen molar-refractivity contribution in [2.45, 2.75) is 20.0 Å². The molecular weight excluding hydrogens is 274 g/mol. The molecule has 3 rings (SSSR count). The fourth-order valence-corrected chi connectivity index (χ4v) is 2.33. The van der Waals surface area contributed by atoms with Crippen LogP contribution in [0.1, 0.15) is 24.3 Å². The number of benzene rings is 2. The Morgan fingerprint density at radius 1 is 1.09 bits per heavy atom. The topological polar surface area (TPSA) is 63.9 Å². The van der Waals surface area contributed by atoms with Crippen molar-refractivity contribution < 1.29 is 4.74 Å². The van der Waals surface area contributed by atoms with Gasteiger partial charge in [-0.25, -0.2) is 0 Å². The SMILES string of the molecule is Cc1ccccc1OC(C)c1cc(-c2cccc(N)c2)n[nH]1. The van der Waals surface area contributed by atoms with E-state index in [-0.39, 0.29) is 6.10 Å². The number of hydrogen-bond donors (Lipinski definition) is 2. The van der Waals surface area contributed by atoms with Crippen LogP contribution in [0.2, 0.25) is 0 Å². The molecule has 0 fully saturated rings. The van der Waals surface area contributed by atoms with Crippen molar-refractivity contribution in [1.29, 1.82) is 0 Å². The molecular formula is C18H19N3O. The molecule has 4 nitrogen and oxygen atoms in total. The number of H-pyrrole nitrogens is 1. The van der Waals surface area contributed by atoms with E-state index in [4.69, 9.17) is 10.5 Å². The van der Waals surface area contributed by atoms with Crippen LogP contribution in [0.4, 0.5) is 5.69 Å². The lowest BCUT2D eigenvalue weighted by Gasteiger charge is -2.14. The number of aryl methyl sites for hydroxylation is 1. The Balaban J connectivity index is 1.80. The van der Waals surface area contributed by atoms with Crippen LogP contribution in [-0.4, -0.2) is 10.2 Å². The van der Waals surface area contributed by atoms with E-state index < -0.39 is 0 Å². The first-order valence-electron chi connectivity index (χ1n) is 7.27. The first-order chi connectivity index (χ1) is 10.6. The van der Waals surface area contributed by atoms with Crippen LogP contribution >= 0.6 is 0 Å². The summed E-state index contributed by atoms with van der Waals surface area (Å²) in [6, 6.07) is 17.7. The molecule has 0 bridgehead atoms. The maximum Gasteiger partial charge on any atom is 0.137 e. The molecule has 1 unspecified atom stereocenters. The van der Waals surface area contributed by atoms with Gasteiger partial charge in [0, 0.05) is 11.3 Å². The van der Waals surface area contributed by atoms with Gasteiger partial charge in [-0.2, -0.15) is 5.10 Å².